The lowest BCUT2D eigenvalue weighted by atomic mass is 9.77. The zero-order valence-electron chi connectivity index (χ0n) is 15.7. The molecule has 1 N–H and O–H groups in total. The van der Waals surface area contributed by atoms with Crippen molar-refractivity contribution in [2.75, 3.05) is 0 Å². The Hall–Kier alpha value is -1.29. The Morgan fingerprint density at radius 3 is 2.13 bits per heavy atom. The molecule has 0 unspecified atom stereocenters. The van der Waals surface area contributed by atoms with Gasteiger partial charge in [0.25, 0.3) is 0 Å². The van der Waals surface area contributed by atoms with Crippen molar-refractivity contribution in [3.8, 4) is 5.75 Å². The third-order valence-electron chi connectivity index (χ3n) is 3.61. The fraction of sp³-hybridized carbons (Fsp3) is 0.632. The van der Waals surface area contributed by atoms with Gasteiger partial charge in [0.05, 0.1) is 5.56 Å². The van der Waals surface area contributed by atoms with Crippen molar-refractivity contribution in [2.45, 2.75) is 72.3 Å². The van der Waals surface area contributed by atoms with Crippen molar-refractivity contribution in [1.82, 2.24) is 0 Å². The van der Waals surface area contributed by atoms with E-state index in [9.17, 15) is 9.90 Å². The third kappa shape index (κ3) is 5.10. The van der Waals surface area contributed by atoms with Gasteiger partial charge in [-0.2, -0.15) is 0 Å². The normalized spacial score (nSPS) is 12.6. The van der Waals surface area contributed by atoms with Crippen LogP contribution >= 0.6 is 0 Å². The molecular weight excluding hydrogens is 304 g/mol. The lowest BCUT2D eigenvalue weighted by molar-refractivity contribution is 0.0736. The summed E-state index contributed by atoms with van der Waals surface area (Å²) in [6.45, 7) is 16.4. The molecule has 0 saturated carbocycles. The number of aromatic hydroxyl groups is 1. The average molecular weight is 335 g/mol. The number of phenols is 1. The van der Waals surface area contributed by atoms with E-state index >= 15 is 0 Å². The molecular formula is C19H30O3Si. The van der Waals surface area contributed by atoms with Crippen LogP contribution in [-0.4, -0.2) is 20.8 Å². The Bertz CT molecular complexity index is 563. The zero-order chi connectivity index (χ0) is 18.0. The molecule has 0 aliphatic rings. The molecule has 0 heterocycles. The quantitative estimate of drug-likeness (QED) is 0.802. The number of phenolic OH excluding ortho intramolecular Hbond substituents is 1. The molecule has 0 aliphatic heterocycles. The first-order valence-corrected chi connectivity index (χ1v) is 9.28. The van der Waals surface area contributed by atoms with Crippen molar-refractivity contribution >= 4 is 15.7 Å². The van der Waals surface area contributed by atoms with Crippen molar-refractivity contribution in [2.24, 2.45) is 5.92 Å². The molecule has 4 heteroatoms. The van der Waals surface area contributed by atoms with E-state index in [1.807, 2.05) is 26.8 Å². The number of hydrogen-bond donors (Lipinski definition) is 1. The molecule has 0 aromatic heterocycles. The van der Waals surface area contributed by atoms with E-state index in [1.165, 1.54) is 0 Å². The fourth-order valence-electron chi connectivity index (χ4n) is 2.45. The Morgan fingerprint density at radius 1 is 1.13 bits per heavy atom. The Balaban J connectivity index is 3.28. The van der Waals surface area contributed by atoms with Gasteiger partial charge in [-0.05, 0) is 34.4 Å². The molecule has 128 valence electrons. The summed E-state index contributed by atoms with van der Waals surface area (Å²) in [4.78, 5) is 12.5. The summed E-state index contributed by atoms with van der Waals surface area (Å²) in [5, 5.41) is 10.8. The van der Waals surface area contributed by atoms with Crippen LogP contribution in [0.1, 0.15) is 76.9 Å². The maximum atomic E-state index is 12.5. The van der Waals surface area contributed by atoms with Crippen molar-refractivity contribution < 1.29 is 14.3 Å². The van der Waals surface area contributed by atoms with Gasteiger partial charge in [0.15, 0.2) is 0 Å². The molecule has 1 aromatic carbocycles. The standard InChI is InChI=1S/C19H30O3Si/c1-12(2)11-23-22-17(21)13-9-10-14(18(3,4)5)16(20)15(13)19(6,7)8/h9-10,12,20H,11H2,1-8H3. The predicted octanol–water partition coefficient (Wildman–Crippen LogP) is 4.84. The highest BCUT2D eigenvalue weighted by Crippen LogP contribution is 2.41. The maximum Gasteiger partial charge on any atom is 0.325 e. The second-order valence-electron chi connectivity index (χ2n) is 8.52. The van der Waals surface area contributed by atoms with Gasteiger partial charge >= 0.3 is 15.7 Å². The monoisotopic (exact) mass is 334 g/mol. The minimum atomic E-state index is -0.346. The van der Waals surface area contributed by atoms with Crippen molar-refractivity contribution in [3.05, 3.63) is 28.8 Å². The van der Waals surface area contributed by atoms with Gasteiger partial charge in [0.1, 0.15) is 5.75 Å². The van der Waals surface area contributed by atoms with E-state index in [4.69, 9.17) is 4.43 Å². The number of rotatable bonds is 4. The first kappa shape index (κ1) is 19.8. The van der Waals surface area contributed by atoms with Crippen LogP contribution in [0, 0.1) is 5.92 Å². The molecule has 0 atom stereocenters. The molecule has 1 aromatic rings. The number of carbonyl (C=O) groups is 1. The van der Waals surface area contributed by atoms with Crippen LogP contribution in [0.4, 0.5) is 0 Å². The molecule has 0 amide bonds. The van der Waals surface area contributed by atoms with Gasteiger partial charge in [0, 0.05) is 5.56 Å². The SMILES string of the molecule is CC(C)C[Si]OC(=O)c1ccc(C(C)(C)C)c(O)c1C(C)(C)C. The topological polar surface area (TPSA) is 46.5 Å². The molecule has 0 spiro atoms. The summed E-state index contributed by atoms with van der Waals surface area (Å²) < 4.78 is 5.43. The van der Waals surface area contributed by atoms with E-state index in [0.717, 1.165) is 11.6 Å². The van der Waals surface area contributed by atoms with Crippen LogP contribution in [0.5, 0.6) is 5.75 Å². The fourth-order valence-corrected chi connectivity index (χ4v) is 3.11. The van der Waals surface area contributed by atoms with E-state index in [0.29, 0.717) is 17.0 Å². The lowest BCUT2D eigenvalue weighted by Gasteiger charge is -2.28. The molecule has 0 aliphatic carbocycles. The number of benzene rings is 1. The zero-order valence-corrected chi connectivity index (χ0v) is 16.7. The van der Waals surface area contributed by atoms with Gasteiger partial charge < -0.3 is 9.53 Å². The average Bonchev–Trinajstić information content (AvgIpc) is 2.34. The molecule has 2 radical (unpaired) electrons. The highest BCUT2D eigenvalue weighted by Gasteiger charge is 2.30. The van der Waals surface area contributed by atoms with E-state index in [-0.39, 0.29) is 32.3 Å². The number of hydrogen-bond acceptors (Lipinski definition) is 3. The summed E-state index contributed by atoms with van der Waals surface area (Å²) in [6.07, 6.45) is 0. The largest absolute Gasteiger partial charge is 0.513 e. The van der Waals surface area contributed by atoms with Crippen LogP contribution in [-0.2, 0) is 15.3 Å². The Morgan fingerprint density at radius 2 is 1.70 bits per heavy atom. The Labute approximate surface area is 143 Å². The summed E-state index contributed by atoms with van der Waals surface area (Å²) in [6, 6.07) is 4.50. The summed E-state index contributed by atoms with van der Waals surface area (Å²) >= 11 is 0. The van der Waals surface area contributed by atoms with Crippen LogP contribution in [0.25, 0.3) is 0 Å². The second-order valence-corrected chi connectivity index (χ2v) is 9.42. The van der Waals surface area contributed by atoms with Gasteiger partial charge in [-0.1, -0.05) is 61.5 Å². The van der Waals surface area contributed by atoms with Crippen LogP contribution in [0.15, 0.2) is 12.1 Å². The van der Waals surface area contributed by atoms with Gasteiger partial charge in [0.2, 0.25) is 0 Å². The number of carbonyl (C=O) groups excluding carboxylic acids is 1. The highest BCUT2D eigenvalue weighted by atomic mass is 28.2. The van der Waals surface area contributed by atoms with Gasteiger partial charge in [-0.25, -0.2) is 4.79 Å². The van der Waals surface area contributed by atoms with Crippen molar-refractivity contribution in [1.29, 1.82) is 0 Å². The molecule has 0 saturated heterocycles. The van der Waals surface area contributed by atoms with Crippen LogP contribution < -0.4 is 0 Å². The van der Waals surface area contributed by atoms with Gasteiger partial charge in [-0.3, -0.25) is 0 Å². The molecule has 3 nitrogen and oxygen atoms in total. The smallest absolute Gasteiger partial charge is 0.325 e. The van der Waals surface area contributed by atoms with Crippen molar-refractivity contribution in [3.63, 3.8) is 0 Å². The minimum absolute atomic E-state index is 0.150. The first-order chi connectivity index (χ1) is 10.4. The molecule has 0 bridgehead atoms. The molecule has 1 rings (SSSR count). The first-order valence-electron chi connectivity index (χ1n) is 8.16. The maximum absolute atomic E-state index is 12.5. The predicted molar refractivity (Wildman–Crippen MR) is 96.3 cm³/mol. The Kier molecular flexibility index (Phi) is 6.08. The van der Waals surface area contributed by atoms with E-state index in [1.54, 1.807) is 6.07 Å². The van der Waals surface area contributed by atoms with Gasteiger partial charge in [-0.15, -0.1) is 0 Å². The summed E-state index contributed by atoms with van der Waals surface area (Å²) in [5.74, 6) is 0.371. The van der Waals surface area contributed by atoms with E-state index < -0.39 is 0 Å². The van der Waals surface area contributed by atoms with Crippen LogP contribution in [0.3, 0.4) is 0 Å². The van der Waals surface area contributed by atoms with Crippen LogP contribution in [0.2, 0.25) is 6.04 Å². The second kappa shape index (κ2) is 7.08. The minimum Gasteiger partial charge on any atom is -0.513 e. The summed E-state index contributed by atoms with van der Waals surface area (Å²) in [7, 11) is 0.150. The van der Waals surface area contributed by atoms with E-state index in [2.05, 4.69) is 34.6 Å². The lowest BCUT2D eigenvalue weighted by Crippen LogP contribution is -2.22. The molecule has 23 heavy (non-hydrogen) atoms. The third-order valence-corrected chi connectivity index (χ3v) is 4.93. The molecule has 0 fully saturated rings. The summed E-state index contributed by atoms with van der Waals surface area (Å²) in [5.41, 5.74) is 1.46. The highest BCUT2D eigenvalue weighted by molar-refractivity contribution is 6.31.